The summed E-state index contributed by atoms with van der Waals surface area (Å²) in [5.41, 5.74) is 1.87. The van der Waals surface area contributed by atoms with Gasteiger partial charge in [0.25, 0.3) is 0 Å². The van der Waals surface area contributed by atoms with Crippen LogP contribution >= 0.6 is 23.6 Å². The number of methoxy groups -OCH3 is 1. The number of thiocarbonyl (C=S) groups is 1. The minimum absolute atomic E-state index is 0.171. The van der Waals surface area contributed by atoms with Crippen LogP contribution in [0.25, 0.3) is 0 Å². The molecule has 142 valence electrons. The number of anilines is 1. The van der Waals surface area contributed by atoms with Crippen LogP contribution in [0.4, 0.5) is 5.00 Å². The third-order valence-corrected chi connectivity index (χ3v) is 7.86. The van der Waals surface area contributed by atoms with Crippen molar-refractivity contribution in [3.63, 3.8) is 0 Å². The molecule has 4 aliphatic carbocycles. The molecule has 0 aliphatic heterocycles. The summed E-state index contributed by atoms with van der Waals surface area (Å²) in [6.45, 7) is 4.12. The zero-order valence-corrected chi connectivity index (χ0v) is 17.4. The molecule has 4 saturated carbocycles. The van der Waals surface area contributed by atoms with Crippen molar-refractivity contribution in [1.82, 2.24) is 5.32 Å². The fraction of sp³-hybridized carbons (Fsp3) is 0.700. The lowest BCUT2D eigenvalue weighted by Gasteiger charge is -2.57. The molecular weight excluding hydrogens is 364 g/mol. The number of ether oxygens (including phenoxy) is 1. The second-order valence-electron chi connectivity index (χ2n) is 8.46. The standard InChI is InChI=1S/C20H28N2O2S2/c1-4-15-11(2)26-17(16(15)18(23)24-3)21-19(25)22-20-8-12-5-13(9-20)7-14(6-12)10-20/h12-14H,4-10H2,1-3H3,(H2,21,22,25). The van der Waals surface area contributed by atoms with Gasteiger partial charge >= 0.3 is 5.97 Å². The van der Waals surface area contributed by atoms with Crippen LogP contribution < -0.4 is 10.6 Å². The molecule has 0 unspecified atom stereocenters. The average Bonchev–Trinajstić information content (AvgIpc) is 2.87. The maximum Gasteiger partial charge on any atom is 0.341 e. The number of esters is 1. The van der Waals surface area contributed by atoms with E-state index in [1.807, 2.05) is 0 Å². The first-order valence-corrected chi connectivity index (χ1v) is 10.9. The van der Waals surface area contributed by atoms with Crippen LogP contribution in [0.3, 0.4) is 0 Å². The van der Waals surface area contributed by atoms with Gasteiger partial charge in [0.15, 0.2) is 5.11 Å². The maximum absolute atomic E-state index is 12.3. The van der Waals surface area contributed by atoms with Crippen molar-refractivity contribution in [2.75, 3.05) is 12.4 Å². The molecule has 0 aromatic carbocycles. The molecule has 26 heavy (non-hydrogen) atoms. The Bertz CT molecular complexity index is 705. The van der Waals surface area contributed by atoms with Crippen molar-refractivity contribution < 1.29 is 9.53 Å². The number of nitrogens with one attached hydrogen (secondary N) is 2. The monoisotopic (exact) mass is 392 g/mol. The van der Waals surface area contributed by atoms with Gasteiger partial charge in [-0.2, -0.15) is 0 Å². The minimum Gasteiger partial charge on any atom is -0.465 e. The second kappa shape index (κ2) is 6.79. The number of rotatable bonds is 4. The van der Waals surface area contributed by atoms with Crippen molar-refractivity contribution >= 4 is 39.6 Å². The molecule has 0 radical (unpaired) electrons. The molecule has 4 bridgehead atoms. The van der Waals surface area contributed by atoms with E-state index in [0.717, 1.165) is 39.6 Å². The van der Waals surface area contributed by atoms with E-state index in [-0.39, 0.29) is 11.5 Å². The molecule has 0 amide bonds. The lowest BCUT2D eigenvalue weighted by atomic mass is 9.53. The van der Waals surface area contributed by atoms with Gasteiger partial charge in [-0.3, -0.25) is 0 Å². The first-order valence-electron chi connectivity index (χ1n) is 9.72. The molecule has 1 heterocycles. The fourth-order valence-electron chi connectivity index (χ4n) is 6.05. The number of carbonyl (C=O) groups is 1. The topological polar surface area (TPSA) is 50.4 Å². The molecule has 1 aromatic rings. The molecule has 0 atom stereocenters. The Morgan fingerprint density at radius 3 is 2.31 bits per heavy atom. The van der Waals surface area contributed by atoms with E-state index in [9.17, 15) is 4.79 Å². The third kappa shape index (κ3) is 3.15. The van der Waals surface area contributed by atoms with Gasteiger partial charge in [-0.1, -0.05) is 6.92 Å². The van der Waals surface area contributed by atoms with Gasteiger partial charge in [-0.05, 0) is 87.4 Å². The average molecular weight is 393 g/mol. The van der Waals surface area contributed by atoms with E-state index in [1.165, 1.54) is 45.6 Å². The fourth-order valence-corrected chi connectivity index (χ4v) is 7.57. The molecule has 4 fully saturated rings. The Kier molecular flexibility index (Phi) is 4.76. The molecular formula is C20H28N2O2S2. The molecule has 2 N–H and O–H groups in total. The third-order valence-electron chi connectivity index (χ3n) is 6.60. The predicted molar refractivity (Wildman–Crippen MR) is 110 cm³/mol. The van der Waals surface area contributed by atoms with Gasteiger partial charge in [0.1, 0.15) is 5.00 Å². The van der Waals surface area contributed by atoms with E-state index < -0.39 is 0 Å². The smallest absolute Gasteiger partial charge is 0.341 e. The van der Waals surface area contributed by atoms with E-state index in [2.05, 4.69) is 24.5 Å². The van der Waals surface area contributed by atoms with Gasteiger partial charge in [0, 0.05) is 10.4 Å². The molecule has 4 nitrogen and oxygen atoms in total. The van der Waals surface area contributed by atoms with Crippen LogP contribution in [0, 0.1) is 24.7 Å². The second-order valence-corrected chi connectivity index (χ2v) is 10.1. The largest absolute Gasteiger partial charge is 0.465 e. The number of hydrogen-bond donors (Lipinski definition) is 2. The Morgan fingerprint density at radius 2 is 1.81 bits per heavy atom. The minimum atomic E-state index is -0.286. The van der Waals surface area contributed by atoms with Crippen LogP contribution in [0.1, 0.15) is 66.2 Å². The molecule has 0 saturated heterocycles. The molecule has 6 heteroatoms. The lowest BCUT2D eigenvalue weighted by Crippen LogP contribution is -2.60. The van der Waals surface area contributed by atoms with Gasteiger partial charge in [0.2, 0.25) is 0 Å². The lowest BCUT2D eigenvalue weighted by molar-refractivity contribution is -0.00972. The zero-order valence-electron chi connectivity index (χ0n) is 15.8. The van der Waals surface area contributed by atoms with Crippen LogP contribution in [0.5, 0.6) is 0 Å². The highest BCUT2D eigenvalue weighted by Crippen LogP contribution is 2.55. The van der Waals surface area contributed by atoms with E-state index in [1.54, 1.807) is 11.3 Å². The van der Waals surface area contributed by atoms with Gasteiger partial charge in [-0.15, -0.1) is 11.3 Å². The highest BCUT2D eigenvalue weighted by atomic mass is 32.1. The highest BCUT2D eigenvalue weighted by molar-refractivity contribution is 7.80. The Morgan fingerprint density at radius 1 is 1.23 bits per heavy atom. The van der Waals surface area contributed by atoms with Crippen molar-refractivity contribution in [2.24, 2.45) is 17.8 Å². The van der Waals surface area contributed by atoms with Crippen LogP contribution in [0.2, 0.25) is 0 Å². The Labute approximate surface area is 165 Å². The Hall–Kier alpha value is -1.14. The van der Waals surface area contributed by atoms with Crippen LogP contribution in [-0.4, -0.2) is 23.7 Å². The van der Waals surface area contributed by atoms with E-state index >= 15 is 0 Å². The summed E-state index contributed by atoms with van der Waals surface area (Å²) in [6.07, 6.45) is 8.79. The van der Waals surface area contributed by atoms with Crippen LogP contribution in [0.15, 0.2) is 0 Å². The van der Waals surface area contributed by atoms with Crippen molar-refractivity contribution in [3.8, 4) is 0 Å². The summed E-state index contributed by atoms with van der Waals surface area (Å²) in [4.78, 5) is 13.4. The predicted octanol–water partition coefficient (Wildman–Crippen LogP) is 4.66. The first-order chi connectivity index (χ1) is 12.4. The quantitative estimate of drug-likeness (QED) is 0.576. The molecule has 0 spiro atoms. The van der Waals surface area contributed by atoms with E-state index in [4.69, 9.17) is 17.0 Å². The summed E-state index contributed by atoms with van der Waals surface area (Å²) in [7, 11) is 1.44. The summed E-state index contributed by atoms with van der Waals surface area (Å²) < 4.78 is 5.01. The van der Waals surface area contributed by atoms with Gasteiger partial charge in [-0.25, -0.2) is 4.79 Å². The van der Waals surface area contributed by atoms with Crippen molar-refractivity contribution in [2.45, 2.75) is 64.3 Å². The highest BCUT2D eigenvalue weighted by Gasteiger charge is 2.51. The normalized spacial score (nSPS) is 31.7. The molecule has 5 rings (SSSR count). The summed E-state index contributed by atoms with van der Waals surface area (Å²) in [5, 5.41) is 8.48. The molecule has 4 aliphatic rings. The van der Waals surface area contributed by atoms with E-state index in [0.29, 0.717) is 10.7 Å². The summed E-state index contributed by atoms with van der Waals surface area (Å²) in [6, 6.07) is 0. The van der Waals surface area contributed by atoms with Crippen molar-refractivity contribution in [1.29, 1.82) is 0 Å². The maximum atomic E-state index is 12.3. The summed E-state index contributed by atoms with van der Waals surface area (Å²) in [5.74, 6) is 2.33. The van der Waals surface area contributed by atoms with Crippen molar-refractivity contribution in [3.05, 3.63) is 16.0 Å². The first kappa shape index (κ1) is 18.2. The van der Waals surface area contributed by atoms with Crippen LogP contribution in [-0.2, 0) is 11.2 Å². The number of aryl methyl sites for hydroxylation is 1. The SMILES string of the molecule is CCc1c(C)sc(NC(=S)NC23CC4CC(CC(C4)C2)C3)c1C(=O)OC. The number of hydrogen-bond acceptors (Lipinski definition) is 4. The van der Waals surface area contributed by atoms with Gasteiger partial charge < -0.3 is 15.4 Å². The van der Waals surface area contributed by atoms with Gasteiger partial charge in [0.05, 0.1) is 12.7 Å². The number of carbonyl (C=O) groups excluding carboxylic acids is 1. The number of thiophene rings is 1. The summed E-state index contributed by atoms with van der Waals surface area (Å²) >= 11 is 7.27. The zero-order chi connectivity index (χ0) is 18.5. The Balaban J connectivity index is 1.51. The molecule has 1 aromatic heterocycles.